The molecule has 0 aliphatic carbocycles. The van der Waals surface area contributed by atoms with Gasteiger partial charge in [-0.25, -0.2) is 8.42 Å². The number of fused-ring (bicyclic) bond motifs is 1. The van der Waals surface area contributed by atoms with E-state index in [0.717, 1.165) is 5.69 Å². The molecule has 3 aromatic heterocycles. The Morgan fingerprint density at radius 3 is 2.78 bits per heavy atom. The summed E-state index contributed by atoms with van der Waals surface area (Å²) in [5.74, 6) is -0.0233. The van der Waals surface area contributed by atoms with Gasteiger partial charge in [0.1, 0.15) is 10.3 Å². The van der Waals surface area contributed by atoms with Gasteiger partial charge in [0.25, 0.3) is 15.6 Å². The SMILES string of the molecule is CCn1cc(S(=O)(=O)Nc2n[nH]c3cc(C)n(C)c(=O)c23)cn1. The molecule has 0 bridgehead atoms. The number of H-pyrrole nitrogens is 1. The second kappa shape index (κ2) is 5.23. The van der Waals surface area contributed by atoms with Crippen molar-refractivity contribution in [1.29, 1.82) is 0 Å². The molecule has 0 spiro atoms. The summed E-state index contributed by atoms with van der Waals surface area (Å²) in [6.45, 7) is 4.19. The number of nitrogens with one attached hydrogen (secondary N) is 2. The maximum atomic E-state index is 12.4. The molecule has 10 heteroatoms. The van der Waals surface area contributed by atoms with Gasteiger partial charge in [0.05, 0.1) is 11.7 Å². The lowest BCUT2D eigenvalue weighted by Gasteiger charge is -2.05. The average Bonchev–Trinajstić information content (AvgIpc) is 3.12. The number of aryl methyl sites for hydroxylation is 2. The molecule has 2 N–H and O–H groups in total. The van der Waals surface area contributed by atoms with Crippen LogP contribution in [0.15, 0.2) is 28.2 Å². The van der Waals surface area contributed by atoms with E-state index in [9.17, 15) is 13.2 Å². The van der Waals surface area contributed by atoms with Crippen molar-refractivity contribution in [2.24, 2.45) is 7.05 Å². The first-order valence-electron chi connectivity index (χ1n) is 6.93. The van der Waals surface area contributed by atoms with Crippen molar-refractivity contribution in [3.05, 3.63) is 34.5 Å². The Labute approximate surface area is 132 Å². The average molecular weight is 336 g/mol. The molecule has 0 fully saturated rings. The van der Waals surface area contributed by atoms with E-state index >= 15 is 0 Å². The molecule has 0 saturated carbocycles. The van der Waals surface area contributed by atoms with Gasteiger partial charge >= 0.3 is 0 Å². The standard InChI is InChI=1S/C13H16N6O3S/c1-4-19-7-9(6-14-19)23(21,22)17-12-11-10(15-16-12)5-8(2)18(3)13(11)20/h5-7H,4H2,1-3H3,(H2,15,16,17). The molecule has 0 aliphatic heterocycles. The molecular weight excluding hydrogens is 320 g/mol. The van der Waals surface area contributed by atoms with Gasteiger partial charge < -0.3 is 4.57 Å². The van der Waals surface area contributed by atoms with Crippen molar-refractivity contribution in [2.45, 2.75) is 25.3 Å². The maximum absolute atomic E-state index is 12.4. The Bertz CT molecular complexity index is 1040. The smallest absolute Gasteiger partial charge is 0.266 e. The van der Waals surface area contributed by atoms with Crippen molar-refractivity contribution in [3.8, 4) is 0 Å². The third-order valence-electron chi connectivity index (χ3n) is 3.67. The van der Waals surface area contributed by atoms with E-state index in [4.69, 9.17) is 0 Å². The number of aromatic nitrogens is 5. The van der Waals surface area contributed by atoms with Gasteiger partial charge in [-0.3, -0.25) is 19.3 Å². The molecule has 9 nitrogen and oxygen atoms in total. The number of hydrogen-bond donors (Lipinski definition) is 2. The van der Waals surface area contributed by atoms with Gasteiger partial charge in [0, 0.05) is 25.5 Å². The van der Waals surface area contributed by atoms with Crippen LogP contribution in [-0.4, -0.2) is 33.0 Å². The summed E-state index contributed by atoms with van der Waals surface area (Å²) < 4.78 is 30.1. The molecule has 122 valence electrons. The topological polar surface area (TPSA) is 115 Å². The lowest BCUT2D eigenvalue weighted by Crippen LogP contribution is -2.20. The van der Waals surface area contributed by atoms with Crippen molar-refractivity contribution in [2.75, 3.05) is 4.72 Å². The molecule has 23 heavy (non-hydrogen) atoms. The monoisotopic (exact) mass is 336 g/mol. The zero-order chi connectivity index (χ0) is 16.8. The van der Waals surface area contributed by atoms with Gasteiger partial charge in [-0.15, -0.1) is 0 Å². The summed E-state index contributed by atoms with van der Waals surface area (Å²) in [5.41, 5.74) is 0.896. The number of nitrogens with zero attached hydrogens (tertiary/aromatic N) is 4. The van der Waals surface area contributed by atoms with Crippen LogP contribution in [0.2, 0.25) is 0 Å². The summed E-state index contributed by atoms with van der Waals surface area (Å²) >= 11 is 0. The van der Waals surface area contributed by atoms with E-state index in [1.807, 2.05) is 6.92 Å². The molecule has 0 atom stereocenters. The summed E-state index contributed by atoms with van der Waals surface area (Å²) in [6, 6.07) is 1.73. The zero-order valence-electron chi connectivity index (χ0n) is 12.9. The summed E-state index contributed by atoms with van der Waals surface area (Å²) in [5, 5.41) is 10.7. The highest BCUT2D eigenvalue weighted by Crippen LogP contribution is 2.20. The highest BCUT2D eigenvalue weighted by atomic mass is 32.2. The van der Waals surface area contributed by atoms with E-state index in [0.29, 0.717) is 12.1 Å². The van der Waals surface area contributed by atoms with Crippen LogP contribution in [0.3, 0.4) is 0 Å². The molecule has 3 aromatic rings. The fourth-order valence-electron chi connectivity index (χ4n) is 2.23. The first-order valence-corrected chi connectivity index (χ1v) is 8.41. The largest absolute Gasteiger partial charge is 0.315 e. The number of rotatable bonds is 4. The Balaban J connectivity index is 2.08. The lowest BCUT2D eigenvalue weighted by atomic mass is 10.2. The van der Waals surface area contributed by atoms with E-state index < -0.39 is 10.0 Å². The number of sulfonamides is 1. The third-order valence-corrected chi connectivity index (χ3v) is 4.96. The Morgan fingerprint density at radius 1 is 1.39 bits per heavy atom. The predicted molar refractivity (Wildman–Crippen MR) is 84.8 cm³/mol. The van der Waals surface area contributed by atoms with E-state index in [2.05, 4.69) is 20.0 Å². The first-order chi connectivity index (χ1) is 10.8. The van der Waals surface area contributed by atoms with Crippen LogP contribution < -0.4 is 10.3 Å². The number of aromatic amines is 1. The molecule has 0 radical (unpaired) electrons. The zero-order valence-corrected chi connectivity index (χ0v) is 13.7. The van der Waals surface area contributed by atoms with Crippen LogP contribution >= 0.6 is 0 Å². The molecule has 3 heterocycles. The minimum atomic E-state index is -3.87. The van der Waals surface area contributed by atoms with Gasteiger partial charge in [-0.2, -0.15) is 10.2 Å². The van der Waals surface area contributed by atoms with Crippen molar-refractivity contribution >= 4 is 26.7 Å². The van der Waals surface area contributed by atoms with Crippen LogP contribution in [0.4, 0.5) is 5.82 Å². The van der Waals surface area contributed by atoms with E-state index in [1.54, 1.807) is 20.0 Å². The van der Waals surface area contributed by atoms with Gasteiger partial charge in [0.2, 0.25) is 0 Å². The Morgan fingerprint density at radius 2 is 2.13 bits per heavy atom. The maximum Gasteiger partial charge on any atom is 0.266 e. The van der Waals surface area contributed by atoms with Crippen molar-refractivity contribution in [1.82, 2.24) is 24.5 Å². The second-order valence-electron chi connectivity index (χ2n) is 5.15. The molecule has 0 amide bonds. The lowest BCUT2D eigenvalue weighted by molar-refractivity contribution is 0.600. The molecular formula is C13H16N6O3S. The number of pyridine rings is 1. The fourth-order valence-corrected chi connectivity index (χ4v) is 3.19. The van der Waals surface area contributed by atoms with E-state index in [1.165, 1.54) is 21.6 Å². The van der Waals surface area contributed by atoms with Gasteiger partial charge in [-0.05, 0) is 19.9 Å². The number of hydrogen-bond acceptors (Lipinski definition) is 5. The minimum absolute atomic E-state index is 0.0134. The minimum Gasteiger partial charge on any atom is -0.315 e. The second-order valence-corrected chi connectivity index (χ2v) is 6.83. The number of anilines is 1. The molecule has 0 aromatic carbocycles. The van der Waals surface area contributed by atoms with Crippen LogP contribution in [0.25, 0.3) is 10.9 Å². The molecule has 0 aliphatic rings. The third kappa shape index (κ3) is 2.50. The summed E-state index contributed by atoms with van der Waals surface area (Å²) in [7, 11) is -2.25. The quantitative estimate of drug-likeness (QED) is 0.723. The van der Waals surface area contributed by atoms with Gasteiger partial charge in [-0.1, -0.05) is 0 Å². The highest BCUT2D eigenvalue weighted by molar-refractivity contribution is 7.92. The van der Waals surface area contributed by atoms with Crippen molar-refractivity contribution < 1.29 is 8.42 Å². The Hall–Kier alpha value is -2.62. The summed E-state index contributed by atoms with van der Waals surface area (Å²) in [6.07, 6.45) is 2.67. The summed E-state index contributed by atoms with van der Waals surface area (Å²) in [4.78, 5) is 12.4. The molecule has 3 rings (SSSR count). The Kier molecular flexibility index (Phi) is 3.48. The van der Waals surface area contributed by atoms with Gasteiger partial charge in [0.15, 0.2) is 5.82 Å². The van der Waals surface area contributed by atoms with Crippen LogP contribution in [0.5, 0.6) is 0 Å². The van der Waals surface area contributed by atoms with Crippen LogP contribution in [-0.2, 0) is 23.6 Å². The fraction of sp³-hybridized carbons (Fsp3) is 0.308. The first kappa shape index (κ1) is 15.3. The normalized spacial score (nSPS) is 12.0. The van der Waals surface area contributed by atoms with Crippen LogP contribution in [0.1, 0.15) is 12.6 Å². The predicted octanol–water partition coefficient (Wildman–Crippen LogP) is 0.587. The highest BCUT2D eigenvalue weighted by Gasteiger charge is 2.21. The van der Waals surface area contributed by atoms with E-state index in [-0.39, 0.29) is 21.7 Å². The van der Waals surface area contributed by atoms with Crippen molar-refractivity contribution in [3.63, 3.8) is 0 Å². The molecule has 0 unspecified atom stereocenters. The van der Waals surface area contributed by atoms with Crippen LogP contribution in [0, 0.1) is 6.92 Å². The molecule has 0 saturated heterocycles.